The second kappa shape index (κ2) is 6.25. The van der Waals surface area contributed by atoms with Gasteiger partial charge in [-0.25, -0.2) is 9.78 Å². The number of hydrogen-bond acceptors (Lipinski definition) is 6. The number of rotatable bonds is 4. The number of nitrogen functional groups attached to an aromatic ring is 1. The lowest BCUT2D eigenvalue weighted by atomic mass is 9.97. The molecule has 21 heavy (non-hydrogen) atoms. The van der Waals surface area contributed by atoms with Crippen molar-refractivity contribution in [2.75, 3.05) is 30.7 Å². The lowest BCUT2D eigenvalue weighted by Gasteiger charge is -2.30. The second-order valence-corrected chi connectivity index (χ2v) is 4.95. The minimum absolute atomic E-state index is 0.120. The van der Waals surface area contributed by atoms with Crippen molar-refractivity contribution in [1.82, 2.24) is 9.88 Å². The molecule has 4 N–H and O–H groups in total. The fraction of sp³-hybridized carbons (Fsp3) is 0.500. The Hall–Kier alpha value is -2.58. The van der Waals surface area contributed by atoms with Crippen molar-refractivity contribution in [1.29, 1.82) is 0 Å². The summed E-state index contributed by atoms with van der Waals surface area (Å²) in [6.07, 6.45) is 0.676. The summed E-state index contributed by atoms with van der Waals surface area (Å²) in [6.45, 7) is 1.69. The van der Waals surface area contributed by atoms with E-state index in [4.69, 9.17) is 10.8 Å². The van der Waals surface area contributed by atoms with Crippen LogP contribution in [0.2, 0.25) is 0 Å². The Labute approximate surface area is 120 Å². The average molecular weight is 295 g/mol. The number of carboxylic acid groups (broad SMARTS) is 1. The van der Waals surface area contributed by atoms with E-state index in [1.807, 2.05) is 0 Å². The molecule has 9 heteroatoms. The zero-order valence-corrected chi connectivity index (χ0v) is 11.4. The third-order valence-corrected chi connectivity index (χ3v) is 3.56. The average Bonchev–Trinajstić information content (AvgIpc) is 2.45. The Morgan fingerprint density at radius 2 is 2.19 bits per heavy atom. The monoisotopic (exact) mass is 295 g/mol. The van der Waals surface area contributed by atoms with Gasteiger partial charge in [0.25, 0.3) is 0 Å². The van der Waals surface area contributed by atoms with E-state index in [1.54, 1.807) is 0 Å². The summed E-state index contributed by atoms with van der Waals surface area (Å²) >= 11 is 0. The van der Waals surface area contributed by atoms with Crippen LogP contribution < -0.4 is 11.1 Å². The SMILES string of the molecule is Nc1nc(NCC2CCN(C(=O)O)CC2)ccc1[N+](=O)[O-]. The molecule has 1 amide bonds. The van der Waals surface area contributed by atoms with E-state index in [-0.39, 0.29) is 11.5 Å². The summed E-state index contributed by atoms with van der Waals surface area (Å²) in [5.74, 6) is 0.711. The minimum atomic E-state index is -0.883. The number of anilines is 2. The minimum Gasteiger partial charge on any atom is -0.465 e. The molecule has 9 nitrogen and oxygen atoms in total. The molecule has 0 bridgehead atoms. The number of nitrogens with one attached hydrogen (secondary N) is 1. The molecule has 1 aromatic rings. The summed E-state index contributed by atoms with van der Waals surface area (Å²) in [5.41, 5.74) is 5.31. The molecule has 114 valence electrons. The van der Waals surface area contributed by atoms with E-state index < -0.39 is 11.0 Å². The van der Waals surface area contributed by atoms with Crippen LogP contribution in [0.5, 0.6) is 0 Å². The van der Waals surface area contributed by atoms with Crippen molar-refractivity contribution < 1.29 is 14.8 Å². The van der Waals surface area contributed by atoms with Gasteiger partial charge in [-0.2, -0.15) is 0 Å². The fourth-order valence-electron chi connectivity index (χ4n) is 2.30. The Balaban J connectivity index is 1.85. The molecule has 1 aliphatic heterocycles. The van der Waals surface area contributed by atoms with Gasteiger partial charge in [-0.15, -0.1) is 0 Å². The zero-order valence-electron chi connectivity index (χ0n) is 11.4. The van der Waals surface area contributed by atoms with Gasteiger partial charge in [-0.1, -0.05) is 0 Å². The number of hydrogen-bond donors (Lipinski definition) is 3. The van der Waals surface area contributed by atoms with Crippen molar-refractivity contribution in [3.63, 3.8) is 0 Å². The number of nitrogens with zero attached hydrogens (tertiary/aromatic N) is 3. The molecule has 0 unspecified atom stereocenters. The number of aromatic nitrogens is 1. The first-order chi connectivity index (χ1) is 9.97. The number of amides is 1. The maximum Gasteiger partial charge on any atom is 0.407 e. The Morgan fingerprint density at radius 3 is 2.71 bits per heavy atom. The van der Waals surface area contributed by atoms with E-state index in [0.717, 1.165) is 12.8 Å². The maximum absolute atomic E-state index is 10.8. The van der Waals surface area contributed by atoms with Gasteiger partial charge in [-0.3, -0.25) is 10.1 Å². The van der Waals surface area contributed by atoms with Gasteiger partial charge in [0.2, 0.25) is 5.82 Å². The van der Waals surface area contributed by atoms with Gasteiger partial charge < -0.3 is 21.1 Å². The molecule has 0 aliphatic carbocycles. The van der Waals surface area contributed by atoms with Crippen LogP contribution in [0.3, 0.4) is 0 Å². The first-order valence-corrected chi connectivity index (χ1v) is 6.60. The van der Waals surface area contributed by atoms with Crippen LogP contribution in [0.4, 0.5) is 22.1 Å². The number of likely N-dealkylation sites (tertiary alicyclic amines) is 1. The molecular weight excluding hydrogens is 278 g/mol. The van der Waals surface area contributed by atoms with Gasteiger partial charge in [-0.05, 0) is 24.8 Å². The predicted molar refractivity (Wildman–Crippen MR) is 76.1 cm³/mol. The number of nitro groups is 1. The highest BCUT2D eigenvalue weighted by atomic mass is 16.6. The standard InChI is InChI=1S/C12H17N5O4/c13-11-9(17(20)21)1-2-10(15-11)14-7-8-3-5-16(6-4-8)12(18)19/h1-2,8H,3-7H2,(H,18,19)(H3,13,14,15). The summed E-state index contributed by atoms with van der Waals surface area (Å²) < 4.78 is 0. The normalized spacial score (nSPS) is 15.7. The van der Waals surface area contributed by atoms with Gasteiger partial charge in [0.1, 0.15) is 5.82 Å². The summed E-state index contributed by atoms with van der Waals surface area (Å²) in [4.78, 5) is 26.2. The molecule has 1 aliphatic rings. The van der Waals surface area contributed by atoms with E-state index >= 15 is 0 Å². The van der Waals surface area contributed by atoms with Crippen molar-refractivity contribution >= 4 is 23.4 Å². The maximum atomic E-state index is 10.8. The van der Waals surface area contributed by atoms with Crippen LogP contribution >= 0.6 is 0 Å². The molecular formula is C12H17N5O4. The molecule has 0 saturated carbocycles. The smallest absolute Gasteiger partial charge is 0.407 e. The van der Waals surface area contributed by atoms with Crippen LogP contribution in [0, 0.1) is 16.0 Å². The van der Waals surface area contributed by atoms with Crippen LogP contribution in [0.1, 0.15) is 12.8 Å². The van der Waals surface area contributed by atoms with Crippen molar-refractivity contribution in [2.24, 2.45) is 5.92 Å². The van der Waals surface area contributed by atoms with Crippen molar-refractivity contribution in [3.05, 3.63) is 22.2 Å². The predicted octanol–water partition coefficient (Wildman–Crippen LogP) is 1.37. The number of nitrogens with two attached hydrogens (primary N) is 1. The molecule has 0 spiro atoms. The van der Waals surface area contributed by atoms with E-state index in [0.29, 0.717) is 31.4 Å². The highest BCUT2D eigenvalue weighted by Gasteiger charge is 2.22. The third kappa shape index (κ3) is 3.71. The van der Waals surface area contributed by atoms with Crippen molar-refractivity contribution in [3.8, 4) is 0 Å². The van der Waals surface area contributed by atoms with Crippen LogP contribution in [-0.2, 0) is 0 Å². The van der Waals surface area contributed by atoms with Crippen LogP contribution in [-0.4, -0.2) is 45.6 Å². The topological polar surface area (TPSA) is 135 Å². The molecule has 2 heterocycles. The van der Waals surface area contributed by atoms with Crippen LogP contribution in [0.25, 0.3) is 0 Å². The van der Waals surface area contributed by atoms with Gasteiger partial charge in [0.15, 0.2) is 0 Å². The lowest BCUT2D eigenvalue weighted by molar-refractivity contribution is -0.384. The summed E-state index contributed by atoms with van der Waals surface area (Å²) in [7, 11) is 0. The number of piperidine rings is 1. The lowest BCUT2D eigenvalue weighted by Crippen LogP contribution is -2.39. The molecule has 1 saturated heterocycles. The third-order valence-electron chi connectivity index (χ3n) is 3.56. The first-order valence-electron chi connectivity index (χ1n) is 6.60. The molecule has 1 aromatic heterocycles. The van der Waals surface area contributed by atoms with Gasteiger partial charge in [0.05, 0.1) is 4.92 Å². The highest BCUT2D eigenvalue weighted by molar-refractivity contribution is 5.65. The summed E-state index contributed by atoms with van der Waals surface area (Å²) in [5, 5.41) is 22.6. The van der Waals surface area contributed by atoms with Crippen molar-refractivity contribution in [2.45, 2.75) is 12.8 Å². The largest absolute Gasteiger partial charge is 0.465 e. The molecule has 0 aromatic carbocycles. The van der Waals surface area contributed by atoms with E-state index in [9.17, 15) is 14.9 Å². The zero-order chi connectivity index (χ0) is 15.4. The number of carbonyl (C=O) groups is 1. The van der Waals surface area contributed by atoms with E-state index in [2.05, 4.69) is 10.3 Å². The van der Waals surface area contributed by atoms with Gasteiger partial charge >= 0.3 is 11.8 Å². The molecule has 0 radical (unpaired) electrons. The van der Waals surface area contributed by atoms with E-state index in [1.165, 1.54) is 17.0 Å². The fourth-order valence-corrected chi connectivity index (χ4v) is 2.30. The number of pyridine rings is 1. The van der Waals surface area contributed by atoms with Crippen LogP contribution in [0.15, 0.2) is 12.1 Å². The highest BCUT2D eigenvalue weighted by Crippen LogP contribution is 2.22. The quantitative estimate of drug-likeness (QED) is 0.564. The summed E-state index contributed by atoms with van der Waals surface area (Å²) in [6, 6.07) is 2.83. The Bertz CT molecular complexity index is 542. The second-order valence-electron chi connectivity index (χ2n) is 4.95. The Kier molecular flexibility index (Phi) is 4.41. The molecule has 0 atom stereocenters. The Morgan fingerprint density at radius 1 is 1.52 bits per heavy atom. The first kappa shape index (κ1) is 14.8. The molecule has 2 rings (SSSR count). The van der Waals surface area contributed by atoms with Gasteiger partial charge in [0, 0.05) is 25.7 Å². The molecule has 1 fully saturated rings.